The quantitative estimate of drug-likeness (QED) is 0.724. The van der Waals surface area contributed by atoms with Crippen LogP contribution in [0.15, 0.2) is 0 Å². The van der Waals surface area contributed by atoms with Gasteiger partial charge in [0.25, 0.3) is 0 Å². The molecule has 0 radical (unpaired) electrons. The molecule has 0 saturated carbocycles. The Morgan fingerprint density at radius 3 is 1.68 bits per heavy atom. The maximum absolute atomic E-state index is 12.2. The molecule has 0 aliphatic carbocycles. The topological polar surface area (TPSA) is 21.3 Å². The molecule has 1 unspecified atom stereocenters. The summed E-state index contributed by atoms with van der Waals surface area (Å²) in [5.41, 5.74) is 0. The highest BCUT2D eigenvalue weighted by Gasteiger charge is 2.58. The molecule has 19 heavy (non-hydrogen) atoms. The van der Waals surface area contributed by atoms with E-state index < -0.39 is 24.6 Å². The summed E-state index contributed by atoms with van der Waals surface area (Å²) in [5, 5.41) is 2.87. The second kappa shape index (κ2) is 7.33. The van der Waals surface area contributed by atoms with Crippen molar-refractivity contribution < 1.29 is 31.1 Å². The fraction of sp³-hybridized carbons (Fsp3) is 1.00. The van der Waals surface area contributed by atoms with Crippen molar-refractivity contribution in [2.75, 3.05) is 6.54 Å². The minimum absolute atomic E-state index is 0.0567. The summed E-state index contributed by atoms with van der Waals surface area (Å²) in [6.45, 7) is 4.87. The molecule has 1 N–H and O–H groups in total. The number of hydrogen-bond acceptors (Lipinski definition) is 2. The highest BCUT2D eigenvalue weighted by molar-refractivity contribution is 4.78. The highest BCUT2D eigenvalue weighted by Crippen LogP contribution is 2.36. The van der Waals surface area contributed by atoms with Crippen LogP contribution in [0.4, 0.5) is 26.3 Å². The van der Waals surface area contributed by atoms with E-state index in [4.69, 9.17) is 0 Å². The van der Waals surface area contributed by atoms with Crippen LogP contribution in [-0.4, -0.2) is 37.1 Å². The number of ether oxygens (including phenoxy) is 1. The molecular formula is C11H19F6NO. The fourth-order valence-corrected chi connectivity index (χ4v) is 1.53. The lowest BCUT2D eigenvalue weighted by molar-refractivity contribution is -0.329. The van der Waals surface area contributed by atoms with Gasteiger partial charge in [0.05, 0.1) is 6.10 Å². The van der Waals surface area contributed by atoms with Crippen LogP contribution in [0.1, 0.15) is 33.6 Å². The molecule has 0 aromatic rings. The van der Waals surface area contributed by atoms with E-state index in [2.05, 4.69) is 10.1 Å². The van der Waals surface area contributed by atoms with E-state index in [1.54, 1.807) is 0 Å². The fourth-order valence-electron chi connectivity index (χ4n) is 1.53. The summed E-state index contributed by atoms with van der Waals surface area (Å²) in [7, 11) is 0. The Labute approximate surface area is 108 Å². The SMILES string of the molecule is CCC(CC)NCC(C)OC(C(F)(F)F)C(F)(F)F. The molecule has 8 heteroatoms. The summed E-state index contributed by atoms with van der Waals surface area (Å²) < 4.78 is 77.6. The van der Waals surface area contributed by atoms with E-state index in [0.717, 1.165) is 12.8 Å². The molecule has 0 bridgehead atoms. The maximum Gasteiger partial charge on any atom is 0.423 e. The molecule has 0 saturated heterocycles. The Morgan fingerprint density at radius 1 is 0.947 bits per heavy atom. The first-order chi connectivity index (χ1) is 8.52. The van der Waals surface area contributed by atoms with Gasteiger partial charge in [-0.15, -0.1) is 0 Å². The first kappa shape index (κ1) is 18.5. The molecule has 0 aliphatic rings. The maximum atomic E-state index is 12.2. The van der Waals surface area contributed by atoms with E-state index in [9.17, 15) is 26.3 Å². The van der Waals surface area contributed by atoms with Gasteiger partial charge in [0.1, 0.15) is 0 Å². The van der Waals surface area contributed by atoms with Crippen molar-refractivity contribution in [2.45, 2.75) is 64.2 Å². The van der Waals surface area contributed by atoms with Gasteiger partial charge in [-0.1, -0.05) is 13.8 Å². The van der Waals surface area contributed by atoms with Crippen molar-refractivity contribution >= 4 is 0 Å². The Balaban J connectivity index is 4.45. The minimum Gasteiger partial charge on any atom is -0.357 e. The highest BCUT2D eigenvalue weighted by atomic mass is 19.4. The average molecular weight is 295 g/mol. The van der Waals surface area contributed by atoms with Crippen molar-refractivity contribution in [3.05, 3.63) is 0 Å². The average Bonchev–Trinajstić information content (AvgIpc) is 2.24. The third-order valence-electron chi connectivity index (χ3n) is 2.64. The summed E-state index contributed by atoms with van der Waals surface area (Å²) in [6, 6.07) is 0.0567. The van der Waals surface area contributed by atoms with Crippen molar-refractivity contribution in [1.29, 1.82) is 0 Å². The second-order valence-electron chi connectivity index (χ2n) is 4.33. The molecule has 0 amide bonds. The summed E-state index contributed by atoms with van der Waals surface area (Å²) >= 11 is 0. The first-order valence-electron chi connectivity index (χ1n) is 6.04. The molecule has 0 heterocycles. The van der Waals surface area contributed by atoms with Gasteiger partial charge in [-0.25, -0.2) is 0 Å². The van der Waals surface area contributed by atoms with Crippen LogP contribution in [-0.2, 0) is 4.74 Å². The molecule has 0 aliphatic heterocycles. The smallest absolute Gasteiger partial charge is 0.357 e. The lowest BCUT2D eigenvalue weighted by atomic mass is 10.1. The van der Waals surface area contributed by atoms with Crippen molar-refractivity contribution in [3.63, 3.8) is 0 Å². The number of nitrogens with one attached hydrogen (secondary N) is 1. The van der Waals surface area contributed by atoms with Crippen LogP contribution in [0.3, 0.4) is 0 Å². The molecule has 116 valence electrons. The predicted octanol–water partition coefficient (Wildman–Crippen LogP) is 3.66. The van der Waals surface area contributed by atoms with Crippen LogP contribution in [0.2, 0.25) is 0 Å². The normalized spacial score (nSPS) is 15.3. The summed E-state index contributed by atoms with van der Waals surface area (Å²) in [6.07, 6.45) is -14.4. The number of rotatable bonds is 7. The van der Waals surface area contributed by atoms with Gasteiger partial charge in [0, 0.05) is 12.6 Å². The second-order valence-corrected chi connectivity index (χ2v) is 4.33. The molecule has 0 fully saturated rings. The standard InChI is InChI=1S/C11H19F6NO/c1-4-8(5-2)18-6-7(3)19-9(10(12,13)14)11(15,16)17/h7-9,18H,4-6H2,1-3H3. The zero-order valence-corrected chi connectivity index (χ0v) is 11.0. The van der Waals surface area contributed by atoms with Crippen LogP contribution in [0, 0.1) is 0 Å². The first-order valence-corrected chi connectivity index (χ1v) is 6.04. The van der Waals surface area contributed by atoms with Crippen LogP contribution in [0.5, 0.6) is 0 Å². The molecule has 2 nitrogen and oxygen atoms in total. The zero-order chi connectivity index (χ0) is 15.3. The van der Waals surface area contributed by atoms with Crippen molar-refractivity contribution in [2.24, 2.45) is 0 Å². The van der Waals surface area contributed by atoms with Crippen LogP contribution in [0.25, 0.3) is 0 Å². The number of halogens is 6. The van der Waals surface area contributed by atoms with E-state index in [1.807, 2.05) is 13.8 Å². The monoisotopic (exact) mass is 295 g/mol. The Hall–Kier alpha value is -0.500. The lowest BCUT2D eigenvalue weighted by Crippen LogP contribution is -2.48. The van der Waals surface area contributed by atoms with E-state index >= 15 is 0 Å². The van der Waals surface area contributed by atoms with Gasteiger partial charge in [0.2, 0.25) is 6.10 Å². The summed E-state index contributed by atoms with van der Waals surface area (Å²) in [4.78, 5) is 0. The van der Waals surface area contributed by atoms with Crippen molar-refractivity contribution in [3.8, 4) is 0 Å². The van der Waals surface area contributed by atoms with E-state index in [1.165, 1.54) is 6.92 Å². The van der Waals surface area contributed by atoms with E-state index in [-0.39, 0.29) is 12.6 Å². The zero-order valence-electron chi connectivity index (χ0n) is 11.0. The lowest BCUT2D eigenvalue weighted by Gasteiger charge is -2.27. The van der Waals surface area contributed by atoms with Crippen LogP contribution >= 0.6 is 0 Å². The van der Waals surface area contributed by atoms with Gasteiger partial charge in [-0.05, 0) is 19.8 Å². The Kier molecular flexibility index (Phi) is 7.13. The van der Waals surface area contributed by atoms with Gasteiger partial charge >= 0.3 is 12.4 Å². The van der Waals surface area contributed by atoms with Gasteiger partial charge in [-0.3, -0.25) is 0 Å². The van der Waals surface area contributed by atoms with Gasteiger partial charge < -0.3 is 10.1 Å². The molecule has 0 rings (SSSR count). The Morgan fingerprint density at radius 2 is 1.37 bits per heavy atom. The molecule has 0 aromatic carbocycles. The number of hydrogen-bond donors (Lipinski definition) is 1. The minimum atomic E-state index is -5.46. The summed E-state index contributed by atoms with van der Waals surface area (Å²) in [5.74, 6) is 0. The van der Waals surface area contributed by atoms with Gasteiger partial charge in [-0.2, -0.15) is 26.3 Å². The van der Waals surface area contributed by atoms with Crippen molar-refractivity contribution in [1.82, 2.24) is 5.32 Å². The largest absolute Gasteiger partial charge is 0.423 e. The Bertz CT molecular complexity index is 235. The third kappa shape index (κ3) is 7.00. The molecule has 0 aromatic heterocycles. The third-order valence-corrected chi connectivity index (χ3v) is 2.64. The molecule has 0 spiro atoms. The van der Waals surface area contributed by atoms with Gasteiger partial charge in [0.15, 0.2) is 0 Å². The van der Waals surface area contributed by atoms with E-state index in [0.29, 0.717) is 0 Å². The predicted molar refractivity (Wildman–Crippen MR) is 58.8 cm³/mol. The molecular weight excluding hydrogens is 276 g/mol. The van der Waals surface area contributed by atoms with Crippen LogP contribution < -0.4 is 5.32 Å². The molecule has 1 atom stereocenters. The number of alkyl halides is 6.